The number of H-pyrrole nitrogens is 1. The van der Waals surface area contributed by atoms with Crippen molar-refractivity contribution in [1.29, 1.82) is 0 Å². The van der Waals surface area contributed by atoms with Gasteiger partial charge in [0.05, 0.1) is 18.7 Å². The first kappa shape index (κ1) is 15.3. The highest BCUT2D eigenvalue weighted by Gasteiger charge is 2.28. The zero-order valence-electron chi connectivity index (χ0n) is 12.8. The highest BCUT2D eigenvalue weighted by molar-refractivity contribution is 6.03. The van der Waals surface area contributed by atoms with Gasteiger partial charge in [-0.1, -0.05) is 0 Å². The van der Waals surface area contributed by atoms with Crippen molar-refractivity contribution in [2.24, 2.45) is 5.92 Å². The van der Waals surface area contributed by atoms with Gasteiger partial charge in [-0.15, -0.1) is 0 Å². The first-order chi connectivity index (χ1) is 11.1. The van der Waals surface area contributed by atoms with Crippen LogP contribution in [0.1, 0.15) is 36.0 Å². The van der Waals surface area contributed by atoms with Crippen LogP contribution in [0, 0.1) is 5.92 Å². The molecule has 23 heavy (non-hydrogen) atoms. The second-order valence-electron chi connectivity index (χ2n) is 5.81. The van der Waals surface area contributed by atoms with Crippen LogP contribution in [0.2, 0.25) is 0 Å². The summed E-state index contributed by atoms with van der Waals surface area (Å²) in [5, 5.41) is 13.5. The number of nitrogens with one attached hydrogen (secondary N) is 2. The average Bonchev–Trinajstić information content (AvgIpc) is 3.04. The van der Waals surface area contributed by atoms with Crippen molar-refractivity contribution >= 4 is 28.7 Å². The van der Waals surface area contributed by atoms with Crippen molar-refractivity contribution in [2.75, 3.05) is 12.4 Å². The third-order valence-electron chi connectivity index (χ3n) is 4.43. The summed E-state index contributed by atoms with van der Waals surface area (Å²) in [4.78, 5) is 30.2. The number of carbonyl (C=O) groups is 2. The SMILES string of the molecule is COC(=O)[C@H]1CC[C@H](Nc2c(C(=O)O)cnc3[nH]ccc23)CC1. The third kappa shape index (κ3) is 2.99. The van der Waals surface area contributed by atoms with Crippen LogP contribution >= 0.6 is 0 Å². The summed E-state index contributed by atoms with van der Waals surface area (Å²) in [6.07, 6.45) is 6.19. The van der Waals surface area contributed by atoms with Crippen LogP contribution in [0.5, 0.6) is 0 Å². The van der Waals surface area contributed by atoms with E-state index in [2.05, 4.69) is 15.3 Å². The monoisotopic (exact) mass is 317 g/mol. The van der Waals surface area contributed by atoms with Gasteiger partial charge in [-0.25, -0.2) is 9.78 Å². The molecule has 2 aromatic heterocycles. The lowest BCUT2D eigenvalue weighted by molar-refractivity contribution is -0.146. The van der Waals surface area contributed by atoms with Crippen molar-refractivity contribution in [3.05, 3.63) is 24.0 Å². The number of aromatic amines is 1. The van der Waals surface area contributed by atoms with Gasteiger partial charge in [0.1, 0.15) is 11.2 Å². The van der Waals surface area contributed by atoms with Gasteiger partial charge in [0.2, 0.25) is 0 Å². The Balaban J connectivity index is 1.79. The minimum absolute atomic E-state index is 0.0540. The Labute approximate surface area is 133 Å². The fourth-order valence-corrected chi connectivity index (χ4v) is 3.17. The number of anilines is 1. The Morgan fingerprint density at radius 3 is 2.74 bits per heavy atom. The van der Waals surface area contributed by atoms with E-state index in [0.717, 1.165) is 31.1 Å². The molecule has 0 aliphatic heterocycles. The molecular formula is C16H19N3O4. The summed E-state index contributed by atoms with van der Waals surface area (Å²) in [6, 6.07) is 1.95. The second-order valence-corrected chi connectivity index (χ2v) is 5.81. The molecule has 1 saturated carbocycles. The molecule has 7 nitrogen and oxygen atoms in total. The van der Waals surface area contributed by atoms with Gasteiger partial charge < -0.3 is 20.1 Å². The van der Waals surface area contributed by atoms with Crippen molar-refractivity contribution in [1.82, 2.24) is 9.97 Å². The predicted molar refractivity (Wildman–Crippen MR) is 84.4 cm³/mol. The maximum absolute atomic E-state index is 11.6. The molecule has 0 saturated heterocycles. The van der Waals surface area contributed by atoms with Crippen molar-refractivity contribution in [3.8, 4) is 0 Å². The number of hydrogen-bond donors (Lipinski definition) is 3. The lowest BCUT2D eigenvalue weighted by atomic mass is 9.86. The van der Waals surface area contributed by atoms with E-state index < -0.39 is 5.97 Å². The van der Waals surface area contributed by atoms with Gasteiger partial charge in [-0.05, 0) is 31.7 Å². The minimum Gasteiger partial charge on any atom is -0.478 e. The Morgan fingerprint density at radius 1 is 1.35 bits per heavy atom. The quantitative estimate of drug-likeness (QED) is 0.748. The van der Waals surface area contributed by atoms with Crippen molar-refractivity contribution in [3.63, 3.8) is 0 Å². The molecule has 0 radical (unpaired) electrons. The highest BCUT2D eigenvalue weighted by Crippen LogP contribution is 2.31. The molecule has 0 aromatic carbocycles. The maximum Gasteiger partial charge on any atom is 0.339 e. The van der Waals surface area contributed by atoms with Gasteiger partial charge in [-0.3, -0.25) is 4.79 Å². The first-order valence-electron chi connectivity index (χ1n) is 7.64. The summed E-state index contributed by atoms with van der Waals surface area (Å²) in [7, 11) is 1.41. The fourth-order valence-electron chi connectivity index (χ4n) is 3.17. The molecule has 2 aromatic rings. The van der Waals surface area contributed by atoms with E-state index in [1.165, 1.54) is 13.3 Å². The molecule has 0 spiro atoms. The number of pyridine rings is 1. The van der Waals surface area contributed by atoms with E-state index >= 15 is 0 Å². The number of nitrogens with zero attached hydrogens (tertiary/aromatic N) is 1. The molecule has 1 aliphatic rings. The topological polar surface area (TPSA) is 104 Å². The smallest absolute Gasteiger partial charge is 0.339 e. The van der Waals surface area contributed by atoms with Gasteiger partial charge >= 0.3 is 11.9 Å². The lowest BCUT2D eigenvalue weighted by Gasteiger charge is -2.29. The molecule has 3 rings (SSSR count). The molecule has 0 atom stereocenters. The summed E-state index contributed by atoms with van der Waals surface area (Å²) in [5.74, 6) is -1.22. The molecule has 1 fully saturated rings. The van der Waals surface area contributed by atoms with Crippen LogP contribution in [0.25, 0.3) is 11.0 Å². The van der Waals surface area contributed by atoms with Crippen LogP contribution < -0.4 is 5.32 Å². The standard InChI is InChI=1S/C16H19N3O4/c1-23-16(22)9-2-4-10(5-3-9)19-13-11-6-7-17-14(11)18-8-12(13)15(20)21/h6-10H,2-5H2,1H3,(H,20,21)(H2,17,18,19)/t9-,10-. The number of esters is 1. The number of hydrogen-bond acceptors (Lipinski definition) is 5. The van der Waals surface area contributed by atoms with E-state index in [9.17, 15) is 14.7 Å². The number of fused-ring (bicyclic) bond motifs is 1. The van der Waals surface area contributed by atoms with E-state index in [4.69, 9.17) is 4.74 Å². The zero-order chi connectivity index (χ0) is 16.4. The molecule has 0 amide bonds. The first-order valence-corrected chi connectivity index (χ1v) is 7.64. The van der Waals surface area contributed by atoms with Gasteiger partial charge in [0, 0.05) is 23.8 Å². The summed E-state index contributed by atoms with van der Waals surface area (Å²) >= 11 is 0. The molecule has 7 heteroatoms. The second kappa shape index (κ2) is 6.28. The minimum atomic E-state index is -1.01. The Kier molecular flexibility index (Phi) is 4.18. The highest BCUT2D eigenvalue weighted by atomic mass is 16.5. The van der Waals surface area contributed by atoms with Crippen LogP contribution in [-0.2, 0) is 9.53 Å². The number of aromatic carboxylic acids is 1. The fraction of sp³-hybridized carbons (Fsp3) is 0.438. The van der Waals surface area contributed by atoms with Crippen LogP contribution in [-0.4, -0.2) is 40.2 Å². The summed E-state index contributed by atoms with van der Waals surface area (Å²) in [5.41, 5.74) is 1.40. The number of rotatable bonds is 4. The van der Waals surface area contributed by atoms with E-state index in [1.54, 1.807) is 6.20 Å². The maximum atomic E-state index is 11.6. The molecule has 3 N–H and O–H groups in total. The number of carbonyl (C=O) groups excluding carboxylic acids is 1. The normalized spacial score (nSPS) is 21.1. The van der Waals surface area contributed by atoms with Gasteiger partial charge in [0.15, 0.2) is 0 Å². The van der Waals surface area contributed by atoms with Crippen LogP contribution in [0.15, 0.2) is 18.5 Å². The molecule has 0 bridgehead atoms. The number of ether oxygens (including phenoxy) is 1. The molecule has 0 unspecified atom stereocenters. The Morgan fingerprint density at radius 2 is 2.09 bits per heavy atom. The molecule has 122 valence electrons. The Hall–Kier alpha value is -2.57. The van der Waals surface area contributed by atoms with E-state index in [0.29, 0.717) is 11.3 Å². The molecule has 2 heterocycles. The lowest BCUT2D eigenvalue weighted by Crippen LogP contribution is -2.30. The summed E-state index contributed by atoms with van der Waals surface area (Å²) in [6.45, 7) is 0. The van der Waals surface area contributed by atoms with E-state index in [1.807, 2.05) is 6.07 Å². The van der Waals surface area contributed by atoms with Crippen LogP contribution in [0.4, 0.5) is 5.69 Å². The largest absolute Gasteiger partial charge is 0.478 e. The zero-order valence-corrected chi connectivity index (χ0v) is 12.8. The number of carboxylic acids is 1. The summed E-state index contributed by atoms with van der Waals surface area (Å²) < 4.78 is 4.79. The average molecular weight is 317 g/mol. The third-order valence-corrected chi connectivity index (χ3v) is 4.43. The van der Waals surface area contributed by atoms with Crippen LogP contribution in [0.3, 0.4) is 0 Å². The number of aromatic nitrogens is 2. The van der Waals surface area contributed by atoms with Gasteiger partial charge in [-0.2, -0.15) is 0 Å². The molecule has 1 aliphatic carbocycles. The van der Waals surface area contributed by atoms with Crippen molar-refractivity contribution in [2.45, 2.75) is 31.7 Å². The van der Waals surface area contributed by atoms with E-state index in [-0.39, 0.29) is 23.5 Å². The Bertz CT molecular complexity index is 732. The number of methoxy groups -OCH3 is 1. The molecular weight excluding hydrogens is 298 g/mol. The predicted octanol–water partition coefficient (Wildman–Crippen LogP) is 2.40. The van der Waals surface area contributed by atoms with Crippen molar-refractivity contribution < 1.29 is 19.4 Å². The van der Waals surface area contributed by atoms with Gasteiger partial charge in [0.25, 0.3) is 0 Å². The number of carboxylic acid groups (broad SMARTS) is 1.